The van der Waals surface area contributed by atoms with Crippen LogP contribution in [0.5, 0.6) is 0 Å². The Morgan fingerprint density at radius 1 is 1.26 bits per heavy atom. The molecule has 0 radical (unpaired) electrons. The van der Waals surface area contributed by atoms with Gasteiger partial charge in [-0.05, 0) is 37.3 Å². The van der Waals surface area contributed by atoms with Gasteiger partial charge in [-0.15, -0.1) is 0 Å². The van der Waals surface area contributed by atoms with Crippen LogP contribution in [0.3, 0.4) is 0 Å². The first-order chi connectivity index (χ1) is 8.91. The number of rotatable bonds is 4. The van der Waals surface area contributed by atoms with Crippen molar-refractivity contribution in [2.24, 2.45) is 5.92 Å². The van der Waals surface area contributed by atoms with Gasteiger partial charge in [0, 0.05) is 6.04 Å². The van der Waals surface area contributed by atoms with Crippen molar-refractivity contribution in [3.63, 3.8) is 0 Å². The minimum atomic E-state index is -4.56. The van der Waals surface area contributed by atoms with Gasteiger partial charge in [0.05, 0.1) is 10.6 Å². The zero-order chi connectivity index (χ0) is 14.0. The standard InChI is InChI=1S/C13H17F2NO2S/c1-9-6-7-10(8-9)16-11-4-2-3-5-12(11)19(17,18)13(14)15/h2-5,9-10,13,16H,6-8H2,1H3. The van der Waals surface area contributed by atoms with Crippen molar-refractivity contribution in [1.29, 1.82) is 0 Å². The minimum absolute atomic E-state index is 0.157. The summed E-state index contributed by atoms with van der Waals surface area (Å²) in [7, 11) is -4.56. The van der Waals surface area contributed by atoms with E-state index in [2.05, 4.69) is 12.2 Å². The highest BCUT2D eigenvalue weighted by atomic mass is 32.2. The van der Waals surface area contributed by atoms with Crippen molar-refractivity contribution in [2.75, 3.05) is 5.32 Å². The zero-order valence-corrected chi connectivity index (χ0v) is 11.5. The summed E-state index contributed by atoms with van der Waals surface area (Å²) in [5, 5.41) is 3.09. The average molecular weight is 289 g/mol. The van der Waals surface area contributed by atoms with Crippen LogP contribution in [0, 0.1) is 5.92 Å². The molecule has 1 aliphatic carbocycles. The van der Waals surface area contributed by atoms with Gasteiger partial charge in [0.25, 0.3) is 0 Å². The molecule has 2 rings (SSSR count). The summed E-state index contributed by atoms with van der Waals surface area (Å²) in [4.78, 5) is -0.315. The van der Waals surface area contributed by atoms with E-state index in [9.17, 15) is 17.2 Å². The van der Waals surface area contributed by atoms with Crippen LogP contribution in [-0.4, -0.2) is 20.2 Å². The molecule has 1 aromatic carbocycles. The van der Waals surface area contributed by atoms with Crippen LogP contribution in [0.25, 0.3) is 0 Å². The molecule has 2 atom stereocenters. The van der Waals surface area contributed by atoms with Crippen LogP contribution in [0.15, 0.2) is 29.2 Å². The van der Waals surface area contributed by atoms with E-state index in [1.165, 1.54) is 18.2 Å². The molecule has 2 unspecified atom stereocenters. The number of nitrogens with one attached hydrogen (secondary N) is 1. The molecule has 0 saturated heterocycles. The van der Waals surface area contributed by atoms with Gasteiger partial charge < -0.3 is 5.32 Å². The van der Waals surface area contributed by atoms with Crippen molar-refractivity contribution in [3.05, 3.63) is 24.3 Å². The first-order valence-electron chi connectivity index (χ1n) is 6.29. The molecule has 0 spiro atoms. The molecule has 0 heterocycles. The van der Waals surface area contributed by atoms with Gasteiger partial charge >= 0.3 is 5.76 Å². The van der Waals surface area contributed by atoms with Gasteiger partial charge in [-0.1, -0.05) is 19.1 Å². The van der Waals surface area contributed by atoms with Crippen LogP contribution in [0.1, 0.15) is 26.2 Å². The topological polar surface area (TPSA) is 46.2 Å². The Balaban J connectivity index is 2.27. The fourth-order valence-corrected chi connectivity index (χ4v) is 3.38. The largest absolute Gasteiger partial charge is 0.381 e. The molecule has 0 amide bonds. The summed E-state index contributed by atoms with van der Waals surface area (Å²) in [5.41, 5.74) is 0.280. The highest BCUT2D eigenvalue weighted by Crippen LogP contribution is 2.31. The Hall–Kier alpha value is -1.17. The summed E-state index contributed by atoms with van der Waals surface area (Å²) >= 11 is 0. The highest BCUT2D eigenvalue weighted by Gasteiger charge is 2.30. The summed E-state index contributed by atoms with van der Waals surface area (Å²) in [6, 6.07) is 6.02. The van der Waals surface area contributed by atoms with E-state index >= 15 is 0 Å². The number of anilines is 1. The third kappa shape index (κ3) is 3.05. The molecule has 1 aromatic rings. The van der Waals surface area contributed by atoms with Crippen LogP contribution < -0.4 is 5.32 Å². The van der Waals surface area contributed by atoms with Crippen molar-refractivity contribution in [1.82, 2.24) is 0 Å². The predicted molar refractivity (Wildman–Crippen MR) is 70.1 cm³/mol. The summed E-state index contributed by atoms with van der Waals surface area (Å²) in [5.74, 6) is -2.81. The van der Waals surface area contributed by atoms with E-state index in [4.69, 9.17) is 0 Å². The van der Waals surface area contributed by atoms with Crippen molar-refractivity contribution in [2.45, 2.75) is 42.9 Å². The third-order valence-electron chi connectivity index (χ3n) is 3.48. The minimum Gasteiger partial charge on any atom is -0.381 e. The number of halogens is 2. The lowest BCUT2D eigenvalue weighted by molar-refractivity contribution is 0.235. The molecule has 0 aliphatic heterocycles. The van der Waals surface area contributed by atoms with E-state index in [1.54, 1.807) is 6.07 Å². The Bertz CT molecular complexity index is 545. The first-order valence-corrected chi connectivity index (χ1v) is 7.83. The molecular weight excluding hydrogens is 272 g/mol. The lowest BCUT2D eigenvalue weighted by Gasteiger charge is -2.17. The SMILES string of the molecule is CC1CCC(Nc2ccccc2S(=O)(=O)C(F)F)C1. The maximum Gasteiger partial charge on any atom is 0.341 e. The molecule has 1 N–H and O–H groups in total. The van der Waals surface area contributed by atoms with Crippen molar-refractivity contribution >= 4 is 15.5 Å². The molecule has 6 heteroatoms. The molecular formula is C13H17F2NO2S. The second kappa shape index (κ2) is 5.45. The molecule has 106 valence electrons. The Labute approximate surface area is 111 Å². The van der Waals surface area contributed by atoms with Gasteiger partial charge in [0.15, 0.2) is 0 Å². The zero-order valence-electron chi connectivity index (χ0n) is 10.6. The van der Waals surface area contributed by atoms with E-state index in [-0.39, 0.29) is 16.6 Å². The number of para-hydroxylation sites is 1. The normalized spacial score (nSPS) is 23.8. The fourth-order valence-electron chi connectivity index (χ4n) is 2.49. The van der Waals surface area contributed by atoms with Crippen LogP contribution in [0.4, 0.5) is 14.5 Å². The fraction of sp³-hybridized carbons (Fsp3) is 0.538. The van der Waals surface area contributed by atoms with Crippen LogP contribution in [0.2, 0.25) is 0 Å². The number of hydrogen-bond acceptors (Lipinski definition) is 3. The van der Waals surface area contributed by atoms with E-state index in [0.717, 1.165) is 19.3 Å². The van der Waals surface area contributed by atoms with Gasteiger partial charge in [-0.25, -0.2) is 8.42 Å². The van der Waals surface area contributed by atoms with E-state index < -0.39 is 15.6 Å². The van der Waals surface area contributed by atoms with Crippen molar-refractivity contribution in [3.8, 4) is 0 Å². The Kier molecular flexibility index (Phi) is 4.08. The second-order valence-corrected chi connectivity index (χ2v) is 6.95. The van der Waals surface area contributed by atoms with E-state index in [0.29, 0.717) is 5.92 Å². The molecule has 3 nitrogen and oxygen atoms in total. The Morgan fingerprint density at radius 2 is 1.95 bits per heavy atom. The molecule has 1 aliphatic rings. The van der Waals surface area contributed by atoms with Gasteiger partial charge in [-0.2, -0.15) is 8.78 Å². The maximum absolute atomic E-state index is 12.6. The first kappa shape index (κ1) is 14.2. The average Bonchev–Trinajstić information content (AvgIpc) is 2.75. The lowest BCUT2D eigenvalue weighted by Crippen LogP contribution is -2.19. The molecule has 0 aromatic heterocycles. The van der Waals surface area contributed by atoms with Crippen LogP contribution in [-0.2, 0) is 9.84 Å². The molecule has 0 bridgehead atoms. The summed E-state index contributed by atoms with van der Waals surface area (Å²) < 4.78 is 48.5. The highest BCUT2D eigenvalue weighted by molar-refractivity contribution is 7.91. The number of hydrogen-bond donors (Lipinski definition) is 1. The van der Waals surface area contributed by atoms with Gasteiger partial charge in [0.1, 0.15) is 0 Å². The van der Waals surface area contributed by atoms with Gasteiger partial charge in [-0.3, -0.25) is 0 Å². The smallest absolute Gasteiger partial charge is 0.341 e. The lowest BCUT2D eigenvalue weighted by atomic mass is 10.1. The number of sulfone groups is 1. The quantitative estimate of drug-likeness (QED) is 0.925. The summed E-state index contributed by atoms with van der Waals surface area (Å²) in [6.07, 6.45) is 2.94. The number of benzene rings is 1. The third-order valence-corrected chi connectivity index (χ3v) is 4.92. The van der Waals surface area contributed by atoms with E-state index in [1.807, 2.05) is 0 Å². The monoisotopic (exact) mass is 289 g/mol. The van der Waals surface area contributed by atoms with Crippen LogP contribution >= 0.6 is 0 Å². The molecule has 1 saturated carbocycles. The van der Waals surface area contributed by atoms with Crippen molar-refractivity contribution < 1.29 is 17.2 Å². The predicted octanol–water partition coefficient (Wildman–Crippen LogP) is 3.28. The maximum atomic E-state index is 12.6. The second-order valence-electron chi connectivity index (χ2n) is 5.06. The molecule has 19 heavy (non-hydrogen) atoms. The van der Waals surface area contributed by atoms with Gasteiger partial charge in [0.2, 0.25) is 9.84 Å². The molecule has 1 fully saturated rings. The Morgan fingerprint density at radius 3 is 2.53 bits per heavy atom. The summed E-state index contributed by atoms with van der Waals surface area (Å²) in [6.45, 7) is 2.13. The number of alkyl halides is 2.